The predicted octanol–water partition coefficient (Wildman–Crippen LogP) is 2.95. The van der Waals surface area contributed by atoms with Gasteiger partial charge in [-0.1, -0.05) is 23.7 Å². The van der Waals surface area contributed by atoms with Crippen molar-refractivity contribution in [1.29, 1.82) is 0 Å². The highest BCUT2D eigenvalue weighted by atomic mass is 35.5. The molecule has 0 aliphatic carbocycles. The lowest BCUT2D eigenvalue weighted by atomic mass is 10.3. The molecule has 1 aromatic carbocycles. The highest BCUT2D eigenvalue weighted by Crippen LogP contribution is 2.30. The van der Waals surface area contributed by atoms with E-state index in [1.54, 1.807) is 19.1 Å². The molecule has 4 nitrogen and oxygen atoms in total. The molecule has 0 unspecified atom stereocenters. The van der Waals surface area contributed by atoms with Crippen LogP contribution in [-0.2, 0) is 0 Å². The van der Waals surface area contributed by atoms with Crippen molar-refractivity contribution in [2.24, 2.45) is 0 Å². The summed E-state index contributed by atoms with van der Waals surface area (Å²) in [7, 11) is 0. The topological polar surface area (TPSA) is 61.0 Å². The lowest BCUT2D eigenvalue weighted by Crippen LogP contribution is -2.01. The zero-order valence-corrected chi connectivity index (χ0v) is 9.70. The molecule has 0 aliphatic rings. The molecule has 0 amide bonds. The molecule has 0 fully saturated rings. The molecule has 2 N–H and O–H groups in total. The first-order chi connectivity index (χ1) is 8.08. The van der Waals surface area contributed by atoms with Crippen LogP contribution in [0.1, 0.15) is 5.82 Å². The van der Waals surface area contributed by atoms with Gasteiger partial charge >= 0.3 is 0 Å². The van der Waals surface area contributed by atoms with Gasteiger partial charge in [0.2, 0.25) is 5.88 Å². The third kappa shape index (κ3) is 2.45. The molecule has 2 rings (SSSR count). The number of halogens is 2. The maximum atomic E-state index is 13.4. The number of rotatable bonds is 2. The molecule has 0 radical (unpaired) electrons. The Kier molecular flexibility index (Phi) is 3.10. The number of aromatic nitrogens is 2. The molecule has 17 heavy (non-hydrogen) atoms. The monoisotopic (exact) mass is 253 g/mol. The number of ether oxygens (including phenoxy) is 1. The Hall–Kier alpha value is -1.88. The molecule has 2 aromatic rings. The molecule has 0 spiro atoms. The van der Waals surface area contributed by atoms with Crippen LogP contribution >= 0.6 is 11.6 Å². The standard InChI is InChI=1S/C11H9ClFN3O/c1-6-15-10(12)9(14)11(16-6)17-8-5-3-2-4-7(8)13/h2-5H,14H2,1H3. The quantitative estimate of drug-likeness (QED) is 0.836. The van der Waals surface area contributed by atoms with Crippen molar-refractivity contribution >= 4 is 17.3 Å². The highest BCUT2D eigenvalue weighted by Gasteiger charge is 2.12. The summed E-state index contributed by atoms with van der Waals surface area (Å²) in [5, 5.41) is 0.0869. The summed E-state index contributed by atoms with van der Waals surface area (Å²) in [6.07, 6.45) is 0. The number of benzene rings is 1. The minimum Gasteiger partial charge on any atom is -0.434 e. The average molecular weight is 254 g/mol. The highest BCUT2D eigenvalue weighted by molar-refractivity contribution is 6.32. The van der Waals surface area contributed by atoms with Gasteiger partial charge in [0, 0.05) is 0 Å². The molecule has 1 aromatic heterocycles. The number of anilines is 1. The minimum atomic E-state index is -0.501. The van der Waals surface area contributed by atoms with Crippen LogP contribution in [0.5, 0.6) is 11.6 Å². The van der Waals surface area contributed by atoms with E-state index < -0.39 is 5.82 Å². The van der Waals surface area contributed by atoms with E-state index in [2.05, 4.69) is 9.97 Å². The van der Waals surface area contributed by atoms with Crippen molar-refractivity contribution in [1.82, 2.24) is 9.97 Å². The van der Waals surface area contributed by atoms with Crippen molar-refractivity contribution in [3.05, 3.63) is 41.1 Å². The van der Waals surface area contributed by atoms with Gasteiger partial charge in [-0.2, -0.15) is 4.98 Å². The van der Waals surface area contributed by atoms with Gasteiger partial charge in [0.15, 0.2) is 16.7 Å². The van der Waals surface area contributed by atoms with E-state index in [-0.39, 0.29) is 22.5 Å². The smallest absolute Gasteiger partial charge is 0.247 e. The molecule has 0 aliphatic heterocycles. The van der Waals surface area contributed by atoms with Gasteiger partial charge in [-0.15, -0.1) is 0 Å². The number of hydrogen-bond acceptors (Lipinski definition) is 4. The second-order valence-electron chi connectivity index (χ2n) is 3.31. The molecule has 0 atom stereocenters. The summed E-state index contributed by atoms with van der Waals surface area (Å²) >= 11 is 5.78. The maximum absolute atomic E-state index is 13.4. The van der Waals surface area contributed by atoms with E-state index in [0.29, 0.717) is 5.82 Å². The number of aryl methyl sites for hydroxylation is 1. The molecular formula is C11H9ClFN3O. The first-order valence-corrected chi connectivity index (χ1v) is 5.17. The van der Waals surface area contributed by atoms with Gasteiger partial charge in [0.25, 0.3) is 0 Å². The van der Waals surface area contributed by atoms with Crippen LogP contribution in [0.25, 0.3) is 0 Å². The van der Waals surface area contributed by atoms with E-state index in [0.717, 1.165) is 0 Å². The molecule has 88 valence electrons. The number of nitrogens with two attached hydrogens (primary N) is 1. The Morgan fingerprint density at radius 2 is 2.00 bits per heavy atom. The third-order valence-electron chi connectivity index (χ3n) is 2.02. The minimum absolute atomic E-state index is 0.0355. The predicted molar refractivity (Wildman–Crippen MR) is 62.7 cm³/mol. The first kappa shape index (κ1) is 11.6. The Labute approximate surface area is 102 Å². The SMILES string of the molecule is Cc1nc(Cl)c(N)c(Oc2ccccc2F)n1. The van der Waals surface area contributed by atoms with Gasteiger partial charge in [0.1, 0.15) is 11.5 Å². The Morgan fingerprint density at radius 1 is 1.29 bits per heavy atom. The zero-order chi connectivity index (χ0) is 12.4. The summed E-state index contributed by atoms with van der Waals surface area (Å²) in [6, 6.07) is 5.95. The first-order valence-electron chi connectivity index (χ1n) is 4.80. The van der Waals surface area contributed by atoms with E-state index in [1.807, 2.05) is 0 Å². The zero-order valence-electron chi connectivity index (χ0n) is 8.95. The average Bonchev–Trinajstić information content (AvgIpc) is 2.28. The van der Waals surface area contributed by atoms with Gasteiger partial charge in [-0.3, -0.25) is 0 Å². The van der Waals surface area contributed by atoms with E-state index in [4.69, 9.17) is 22.1 Å². The lowest BCUT2D eigenvalue weighted by molar-refractivity contribution is 0.427. The fourth-order valence-electron chi connectivity index (χ4n) is 1.23. The second kappa shape index (κ2) is 4.55. The van der Waals surface area contributed by atoms with Crippen LogP contribution < -0.4 is 10.5 Å². The summed E-state index contributed by atoms with van der Waals surface area (Å²) in [5.74, 6) is -0.0178. The number of hydrogen-bond donors (Lipinski definition) is 1. The van der Waals surface area contributed by atoms with Crippen LogP contribution in [0.4, 0.5) is 10.1 Å². The maximum Gasteiger partial charge on any atom is 0.247 e. The fourth-order valence-corrected chi connectivity index (χ4v) is 1.44. The summed E-state index contributed by atoms with van der Waals surface area (Å²) in [4.78, 5) is 7.81. The summed E-state index contributed by atoms with van der Waals surface area (Å²) < 4.78 is 18.6. The van der Waals surface area contributed by atoms with Crippen molar-refractivity contribution < 1.29 is 9.13 Å². The largest absolute Gasteiger partial charge is 0.434 e. The van der Waals surface area contributed by atoms with Gasteiger partial charge in [-0.05, 0) is 19.1 Å². The molecule has 1 heterocycles. The van der Waals surface area contributed by atoms with E-state index in [1.165, 1.54) is 12.1 Å². The molecule has 0 saturated heterocycles. The van der Waals surface area contributed by atoms with Gasteiger partial charge in [0.05, 0.1) is 0 Å². The van der Waals surface area contributed by atoms with Crippen molar-refractivity contribution in [3.8, 4) is 11.6 Å². The van der Waals surface area contributed by atoms with Crippen LogP contribution in [0.15, 0.2) is 24.3 Å². The fraction of sp³-hybridized carbons (Fsp3) is 0.0909. The molecule has 0 bridgehead atoms. The summed E-state index contributed by atoms with van der Waals surface area (Å²) in [5.41, 5.74) is 5.73. The Morgan fingerprint density at radius 3 is 2.71 bits per heavy atom. The Balaban J connectivity index is 2.40. The van der Waals surface area contributed by atoms with Crippen molar-refractivity contribution in [2.75, 3.05) is 5.73 Å². The number of nitrogens with zero attached hydrogens (tertiary/aromatic N) is 2. The number of para-hydroxylation sites is 1. The summed E-state index contributed by atoms with van der Waals surface area (Å²) in [6.45, 7) is 1.64. The normalized spacial score (nSPS) is 10.3. The Bertz CT molecular complexity index is 562. The molecule has 0 saturated carbocycles. The molecule has 6 heteroatoms. The van der Waals surface area contributed by atoms with Crippen LogP contribution in [-0.4, -0.2) is 9.97 Å². The van der Waals surface area contributed by atoms with E-state index in [9.17, 15) is 4.39 Å². The van der Waals surface area contributed by atoms with Gasteiger partial charge < -0.3 is 10.5 Å². The van der Waals surface area contributed by atoms with Gasteiger partial charge in [-0.25, -0.2) is 9.37 Å². The number of nitrogen functional groups attached to an aromatic ring is 1. The van der Waals surface area contributed by atoms with Crippen molar-refractivity contribution in [2.45, 2.75) is 6.92 Å². The van der Waals surface area contributed by atoms with Crippen LogP contribution in [0.2, 0.25) is 5.15 Å². The van der Waals surface area contributed by atoms with Crippen molar-refractivity contribution in [3.63, 3.8) is 0 Å². The van der Waals surface area contributed by atoms with Crippen LogP contribution in [0.3, 0.4) is 0 Å². The van der Waals surface area contributed by atoms with Crippen LogP contribution in [0, 0.1) is 12.7 Å². The second-order valence-corrected chi connectivity index (χ2v) is 3.67. The molecular weight excluding hydrogens is 245 g/mol. The third-order valence-corrected chi connectivity index (χ3v) is 2.31. The van der Waals surface area contributed by atoms with E-state index >= 15 is 0 Å². The lowest BCUT2D eigenvalue weighted by Gasteiger charge is -2.09.